The van der Waals surface area contributed by atoms with E-state index in [2.05, 4.69) is 11.1 Å². The van der Waals surface area contributed by atoms with Crippen LogP contribution in [0.1, 0.15) is 22.0 Å². The number of carbonyl (C=O) groups is 1. The van der Waals surface area contributed by atoms with Crippen molar-refractivity contribution in [2.45, 2.75) is 6.04 Å². The molecule has 0 aliphatic heterocycles. The summed E-state index contributed by atoms with van der Waals surface area (Å²) in [5, 5.41) is 9.27. The second kappa shape index (κ2) is 5.78. The fourth-order valence-corrected chi connectivity index (χ4v) is 1.82. The molecular formula is C15H13N3O. The van der Waals surface area contributed by atoms with Gasteiger partial charge in [0.15, 0.2) is 0 Å². The molecule has 2 rings (SSSR count). The van der Waals surface area contributed by atoms with Crippen LogP contribution in [-0.4, -0.2) is 22.8 Å². The molecule has 2 aromatic rings. The number of amides is 1. The zero-order valence-electron chi connectivity index (χ0n) is 10.5. The topological polar surface area (TPSA) is 57.0 Å². The van der Waals surface area contributed by atoms with Gasteiger partial charge in [0.2, 0.25) is 0 Å². The minimum Gasteiger partial charge on any atom is -0.322 e. The van der Waals surface area contributed by atoms with Gasteiger partial charge in [-0.15, -0.1) is 0 Å². The van der Waals surface area contributed by atoms with Gasteiger partial charge >= 0.3 is 0 Å². The summed E-state index contributed by atoms with van der Waals surface area (Å²) < 4.78 is 0. The second-order valence-corrected chi connectivity index (χ2v) is 4.10. The third-order valence-corrected chi connectivity index (χ3v) is 2.85. The van der Waals surface area contributed by atoms with Crippen LogP contribution in [0.3, 0.4) is 0 Å². The summed E-state index contributed by atoms with van der Waals surface area (Å²) in [6.45, 7) is 0. The largest absolute Gasteiger partial charge is 0.322 e. The number of hydrogen-bond donors (Lipinski definition) is 0. The number of hydrogen-bond acceptors (Lipinski definition) is 3. The lowest BCUT2D eigenvalue weighted by molar-refractivity contribution is 0.0763. The predicted molar refractivity (Wildman–Crippen MR) is 71.1 cm³/mol. The number of benzene rings is 1. The van der Waals surface area contributed by atoms with E-state index in [1.165, 1.54) is 4.90 Å². The van der Waals surface area contributed by atoms with Crippen molar-refractivity contribution in [3.63, 3.8) is 0 Å². The van der Waals surface area contributed by atoms with Gasteiger partial charge < -0.3 is 4.90 Å². The van der Waals surface area contributed by atoms with Gasteiger partial charge in [-0.05, 0) is 18.2 Å². The van der Waals surface area contributed by atoms with Crippen LogP contribution in [0.15, 0.2) is 54.9 Å². The van der Waals surface area contributed by atoms with Crippen LogP contribution in [0.25, 0.3) is 0 Å². The minimum absolute atomic E-state index is 0.184. The van der Waals surface area contributed by atoms with Crippen molar-refractivity contribution in [3.8, 4) is 6.07 Å². The lowest BCUT2D eigenvalue weighted by Gasteiger charge is -2.22. The van der Waals surface area contributed by atoms with Gasteiger partial charge in [0.25, 0.3) is 5.91 Å². The molecule has 1 aromatic carbocycles. The number of pyridine rings is 1. The molecule has 0 radical (unpaired) electrons. The molecule has 0 N–H and O–H groups in total. The van der Waals surface area contributed by atoms with Gasteiger partial charge in [-0.3, -0.25) is 9.78 Å². The van der Waals surface area contributed by atoms with Crippen molar-refractivity contribution >= 4 is 5.91 Å². The van der Waals surface area contributed by atoms with E-state index in [1.807, 2.05) is 6.07 Å². The number of nitrogens with zero attached hydrogens (tertiary/aromatic N) is 3. The van der Waals surface area contributed by atoms with Crippen LogP contribution in [0.5, 0.6) is 0 Å². The molecule has 0 aliphatic carbocycles. The predicted octanol–water partition coefficient (Wildman–Crippen LogP) is 2.42. The first-order valence-corrected chi connectivity index (χ1v) is 5.86. The summed E-state index contributed by atoms with van der Waals surface area (Å²) in [5.41, 5.74) is 1.27. The standard InChI is InChI=1S/C15H13N3O/c1-18(15(19)12-6-3-2-4-7-12)14(10-16)13-8-5-9-17-11-13/h2-9,11,14H,1H3. The van der Waals surface area contributed by atoms with Crippen molar-refractivity contribution in [2.75, 3.05) is 7.05 Å². The first kappa shape index (κ1) is 12.8. The Balaban J connectivity index is 2.26. The summed E-state index contributed by atoms with van der Waals surface area (Å²) >= 11 is 0. The van der Waals surface area contributed by atoms with Crippen molar-refractivity contribution < 1.29 is 4.79 Å². The first-order valence-electron chi connectivity index (χ1n) is 5.86. The summed E-state index contributed by atoms with van der Waals surface area (Å²) in [7, 11) is 1.62. The lowest BCUT2D eigenvalue weighted by atomic mass is 10.1. The summed E-state index contributed by atoms with van der Waals surface area (Å²) in [6.07, 6.45) is 3.24. The molecule has 19 heavy (non-hydrogen) atoms. The fourth-order valence-electron chi connectivity index (χ4n) is 1.82. The molecule has 1 atom stereocenters. The molecule has 0 fully saturated rings. The van der Waals surface area contributed by atoms with Gasteiger partial charge in [-0.1, -0.05) is 24.3 Å². The molecule has 94 valence electrons. The van der Waals surface area contributed by atoms with Gasteiger partial charge in [0, 0.05) is 30.6 Å². The molecule has 4 nitrogen and oxygen atoms in total. The van der Waals surface area contributed by atoms with Crippen LogP contribution in [0.4, 0.5) is 0 Å². The van der Waals surface area contributed by atoms with Crippen molar-refractivity contribution in [1.82, 2.24) is 9.88 Å². The second-order valence-electron chi connectivity index (χ2n) is 4.10. The van der Waals surface area contributed by atoms with Crippen molar-refractivity contribution in [1.29, 1.82) is 5.26 Å². The Morgan fingerprint density at radius 3 is 2.58 bits per heavy atom. The van der Waals surface area contributed by atoms with Gasteiger partial charge in [-0.2, -0.15) is 5.26 Å². The Morgan fingerprint density at radius 2 is 2.00 bits per heavy atom. The van der Waals surface area contributed by atoms with Crippen molar-refractivity contribution in [3.05, 3.63) is 66.0 Å². The van der Waals surface area contributed by atoms with Crippen LogP contribution < -0.4 is 0 Å². The maximum absolute atomic E-state index is 12.3. The number of carbonyl (C=O) groups excluding carboxylic acids is 1. The monoisotopic (exact) mass is 251 g/mol. The molecule has 0 saturated heterocycles. The minimum atomic E-state index is -0.638. The molecule has 1 amide bonds. The molecule has 1 heterocycles. The highest BCUT2D eigenvalue weighted by atomic mass is 16.2. The van der Waals surface area contributed by atoms with E-state index >= 15 is 0 Å². The van der Waals surface area contributed by atoms with Crippen LogP contribution >= 0.6 is 0 Å². The number of aromatic nitrogens is 1. The maximum Gasteiger partial charge on any atom is 0.254 e. The van der Waals surface area contributed by atoms with Crippen molar-refractivity contribution in [2.24, 2.45) is 0 Å². The SMILES string of the molecule is CN(C(=O)c1ccccc1)C(C#N)c1cccnc1. The molecular weight excluding hydrogens is 238 g/mol. The smallest absolute Gasteiger partial charge is 0.254 e. The van der Waals surface area contributed by atoms with Crippen LogP contribution in [0.2, 0.25) is 0 Å². The Kier molecular flexibility index (Phi) is 3.89. The number of rotatable bonds is 3. The number of nitriles is 1. The molecule has 0 aliphatic rings. The molecule has 0 bridgehead atoms. The zero-order valence-corrected chi connectivity index (χ0v) is 10.5. The normalized spacial score (nSPS) is 11.4. The third-order valence-electron chi connectivity index (χ3n) is 2.85. The Labute approximate surface area is 111 Å². The average Bonchev–Trinajstić information content (AvgIpc) is 2.49. The Hall–Kier alpha value is -2.67. The van der Waals surface area contributed by atoms with Crippen LogP contribution in [-0.2, 0) is 0 Å². The van der Waals surface area contributed by atoms with E-state index < -0.39 is 6.04 Å². The lowest BCUT2D eigenvalue weighted by Crippen LogP contribution is -2.30. The summed E-state index contributed by atoms with van der Waals surface area (Å²) in [4.78, 5) is 17.7. The molecule has 4 heteroatoms. The highest BCUT2D eigenvalue weighted by Crippen LogP contribution is 2.19. The third kappa shape index (κ3) is 2.78. The van der Waals surface area contributed by atoms with Gasteiger partial charge in [0.05, 0.1) is 6.07 Å². The van der Waals surface area contributed by atoms with E-state index in [-0.39, 0.29) is 5.91 Å². The molecule has 1 unspecified atom stereocenters. The summed E-state index contributed by atoms with van der Waals surface area (Å²) in [6, 6.07) is 13.9. The van der Waals surface area contributed by atoms with E-state index in [0.29, 0.717) is 11.1 Å². The van der Waals surface area contributed by atoms with Gasteiger partial charge in [-0.25, -0.2) is 0 Å². The van der Waals surface area contributed by atoms with Crippen LogP contribution in [0, 0.1) is 11.3 Å². The van der Waals surface area contributed by atoms with E-state index in [4.69, 9.17) is 0 Å². The summed E-state index contributed by atoms with van der Waals surface area (Å²) in [5.74, 6) is -0.184. The van der Waals surface area contributed by atoms with E-state index in [9.17, 15) is 10.1 Å². The highest BCUT2D eigenvalue weighted by Gasteiger charge is 2.22. The molecule has 1 aromatic heterocycles. The fraction of sp³-hybridized carbons (Fsp3) is 0.133. The van der Waals surface area contributed by atoms with E-state index in [0.717, 1.165) is 0 Å². The Morgan fingerprint density at radius 1 is 1.26 bits per heavy atom. The zero-order chi connectivity index (χ0) is 13.7. The highest BCUT2D eigenvalue weighted by molar-refractivity contribution is 5.94. The Bertz CT molecular complexity index is 590. The maximum atomic E-state index is 12.3. The van der Waals surface area contributed by atoms with E-state index in [1.54, 1.807) is 55.8 Å². The first-order chi connectivity index (χ1) is 9.24. The van der Waals surface area contributed by atoms with Gasteiger partial charge in [0.1, 0.15) is 6.04 Å². The molecule has 0 spiro atoms. The molecule has 0 saturated carbocycles. The average molecular weight is 251 g/mol. The quantitative estimate of drug-likeness (QED) is 0.841.